The van der Waals surface area contributed by atoms with Gasteiger partial charge in [0.25, 0.3) is 0 Å². The van der Waals surface area contributed by atoms with Gasteiger partial charge >= 0.3 is 0 Å². The Morgan fingerprint density at radius 3 is 0.765 bits per heavy atom. The number of pyridine rings is 2. The minimum Gasteiger partial charge on any atom is -0.512 e. The van der Waals surface area contributed by atoms with E-state index in [1.807, 2.05) is 91.0 Å². The summed E-state index contributed by atoms with van der Waals surface area (Å²) in [5, 5.41) is 19.6. The molecule has 0 spiro atoms. The van der Waals surface area contributed by atoms with Gasteiger partial charge in [-0.15, -0.1) is 71.8 Å². The summed E-state index contributed by atoms with van der Waals surface area (Å²) in [7, 11) is 0. The molecule has 27 aromatic rings. The van der Waals surface area contributed by atoms with Crippen molar-refractivity contribution in [3.05, 3.63) is 570 Å². The van der Waals surface area contributed by atoms with Crippen LogP contribution in [0, 0.1) is 12.1 Å². The zero-order chi connectivity index (χ0) is 98.9. The average molecular weight is 2270 g/mol. The van der Waals surface area contributed by atoms with E-state index in [2.05, 4.69) is 489 Å². The van der Waals surface area contributed by atoms with Crippen LogP contribution in [0.4, 0.5) is 0 Å². The van der Waals surface area contributed by atoms with Gasteiger partial charge in [0.05, 0.1) is 55.4 Å². The number of fused-ring (bicyclic) bond motifs is 13. The average Bonchev–Trinajstić information content (AvgIpc) is 1.60. The molecule has 0 amide bonds. The summed E-state index contributed by atoms with van der Waals surface area (Å²) in [6, 6.07) is 199. The molecule has 0 atom stereocenters. The minimum atomic E-state index is -0.125. The Kier molecular flexibility index (Phi) is 28.8. The first kappa shape index (κ1) is 97.0. The maximum atomic E-state index is 10.0. The molecule has 0 bridgehead atoms. The van der Waals surface area contributed by atoms with Crippen LogP contribution in [-0.4, -0.2) is 39.1 Å². The first-order chi connectivity index (χ1) is 72.6. The van der Waals surface area contributed by atoms with Crippen molar-refractivity contribution in [1.29, 1.82) is 0 Å². The smallest absolute Gasteiger partial charge is 0.155 e. The van der Waals surface area contributed by atoms with Gasteiger partial charge in [-0.25, -0.2) is 0 Å². The van der Waals surface area contributed by atoms with E-state index < -0.39 is 0 Å². The third-order valence-corrected chi connectivity index (χ3v) is 27.2. The first-order valence-corrected chi connectivity index (χ1v) is 49.6. The molecular weight excluding hydrogens is 2170 g/mol. The number of carbonyl (C=O) groups excluding carboxylic acids is 1. The van der Waals surface area contributed by atoms with Crippen molar-refractivity contribution in [2.45, 2.75) is 13.8 Å². The number of hydrogen-bond donors (Lipinski definition) is 1. The van der Waals surface area contributed by atoms with Crippen molar-refractivity contribution in [1.82, 2.24) is 28.2 Å². The Morgan fingerprint density at radius 2 is 0.483 bits per heavy atom. The van der Waals surface area contributed by atoms with E-state index in [1.165, 1.54) is 196 Å². The monoisotopic (exact) mass is 2270 g/mol. The van der Waals surface area contributed by atoms with E-state index >= 15 is 0 Å². The van der Waals surface area contributed by atoms with Crippen molar-refractivity contribution >= 4 is 104 Å². The topological polar surface area (TPSA) is 82.8 Å². The van der Waals surface area contributed by atoms with E-state index in [-0.39, 0.29) is 51.8 Å². The van der Waals surface area contributed by atoms with Crippen molar-refractivity contribution in [2.75, 3.05) is 0 Å². The van der Waals surface area contributed by atoms with Crippen LogP contribution in [-0.2, 0) is 45.0 Å². The molecule has 10 heteroatoms. The maximum Gasteiger partial charge on any atom is 0.155 e. The summed E-state index contributed by atoms with van der Waals surface area (Å²) in [5.41, 5.74) is 38.2. The summed E-state index contributed by atoms with van der Waals surface area (Å²) >= 11 is 0. The number of aliphatic hydroxyl groups excluding tert-OH is 1. The van der Waals surface area contributed by atoms with Crippen LogP contribution in [0.1, 0.15) is 13.8 Å². The number of ketones is 1. The van der Waals surface area contributed by atoms with Crippen LogP contribution in [0.5, 0.6) is 0 Å². The number of nitrogens with zero attached hydrogens (tertiary/aromatic N) is 6. The summed E-state index contributed by atoms with van der Waals surface area (Å²) in [5.74, 6) is -0.0625. The molecule has 716 valence electrons. The van der Waals surface area contributed by atoms with Gasteiger partial charge in [-0.05, 0) is 277 Å². The van der Waals surface area contributed by atoms with Crippen LogP contribution in [0.25, 0.3) is 232 Å². The Bertz CT molecular complexity index is 8810. The quantitative estimate of drug-likeness (QED) is 0.0630. The van der Waals surface area contributed by atoms with Crippen molar-refractivity contribution in [3.63, 3.8) is 0 Å². The van der Waals surface area contributed by atoms with Gasteiger partial charge in [0.2, 0.25) is 0 Å². The fraction of sp³-hybridized carbons (Fsp3) is 0.0144. The molecule has 0 aliphatic carbocycles. The summed E-state index contributed by atoms with van der Waals surface area (Å²) in [6.07, 6.45) is 2.95. The molecular formula is C139H98Ir2N6O2-2. The minimum absolute atomic E-state index is 0. The van der Waals surface area contributed by atoms with Gasteiger partial charge in [0.1, 0.15) is 0 Å². The molecule has 27 rings (SSSR count). The number of aromatic nitrogens is 6. The predicted molar refractivity (Wildman–Crippen MR) is 615 cm³/mol. The van der Waals surface area contributed by atoms with Gasteiger partial charge < -0.3 is 28.4 Å². The SMILES string of the molecule is CC(=O)C=C(C)O.[Ir].[Ir].[c-]1ccccc1-c1ccc2ccccc2n1.[c-]1ccccc1-c1ccccn1.c1ccc(-c2cc(-c3ccc(-n4c5ccccc5c5ccccc54)cc3)cc(-c3cc(-c4ccccc4)cc(-c4ccc(-n5c6ccccc6c6ccccc65)cc4)c3)c2)cc1.c1ccc(-c2cc(-c3ccccc3)cc(-c3cc(-n4c5ccccc5c5ccccc54)cc(-n4c5ccccc5c5ccccc54)c3)c2)cc1. The van der Waals surface area contributed by atoms with E-state index in [4.69, 9.17) is 5.11 Å². The first-order valence-electron chi connectivity index (χ1n) is 49.6. The van der Waals surface area contributed by atoms with E-state index in [0.717, 1.165) is 56.3 Å². The largest absolute Gasteiger partial charge is 0.512 e. The Balaban J connectivity index is 0.000000131. The number of para-hydroxylation sites is 9. The molecule has 0 fully saturated rings. The van der Waals surface area contributed by atoms with E-state index in [1.54, 1.807) is 6.20 Å². The molecule has 0 unspecified atom stereocenters. The van der Waals surface area contributed by atoms with E-state index in [0.29, 0.717) is 0 Å². The van der Waals surface area contributed by atoms with Gasteiger partial charge in [-0.1, -0.05) is 334 Å². The number of allylic oxidation sites excluding steroid dienone is 2. The van der Waals surface area contributed by atoms with Crippen molar-refractivity contribution in [2.24, 2.45) is 0 Å². The Labute approximate surface area is 893 Å². The number of aliphatic hydroxyl groups is 1. The number of benzene rings is 21. The second-order valence-electron chi connectivity index (χ2n) is 36.7. The van der Waals surface area contributed by atoms with Crippen LogP contribution in [0.2, 0.25) is 0 Å². The number of carbonyl (C=O) groups is 1. The van der Waals surface area contributed by atoms with Gasteiger partial charge in [0.15, 0.2) is 5.78 Å². The molecule has 0 saturated heterocycles. The molecule has 6 aromatic heterocycles. The summed E-state index contributed by atoms with van der Waals surface area (Å²) in [4.78, 5) is 18.8. The zero-order valence-electron chi connectivity index (χ0n) is 81.7. The van der Waals surface area contributed by atoms with Crippen molar-refractivity contribution in [3.8, 4) is 134 Å². The molecule has 8 nitrogen and oxygen atoms in total. The van der Waals surface area contributed by atoms with Crippen LogP contribution >= 0.6 is 0 Å². The van der Waals surface area contributed by atoms with Crippen LogP contribution < -0.4 is 0 Å². The fourth-order valence-electron chi connectivity index (χ4n) is 20.5. The third-order valence-electron chi connectivity index (χ3n) is 27.2. The summed E-state index contributed by atoms with van der Waals surface area (Å²) in [6.45, 7) is 2.85. The molecule has 6 heterocycles. The van der Waals surface area contributed by atoms with Gasteiger partial charge in [0, 0.05) is 118 Å². The molecule has 1 N–H and O–H groups in total. The van der Waals surface area contributed by atoms with E-state index in [9.17, 15) is 4.79 Å². The molecule has 149 heavy (non-hydrogen) atoms. The van der Waals surface area contributed by atoms with Gasteiger partial charge in [-0.3, -0.25) is 9.78 Å². The standard InChI is InChI=1S/C60H40N2.C48H32N2.C15H10N.C11H8N.C5H8O2.2Ir/c1-3-15-41(16-4-1)45-35-47(43-27-31-51(32-28-43)61-57-23-11-7-19-53(57)54-20-8-12-24-58(54)61)39-49(37-45)50-38-46(42-17-5-2-6-18-42)36-48(40-50)44-29-33-52(34-30-44)62-59-25-13-9-21-55(59)56-22-10-14-26-60(56)62;1-3-15-33(16-4-1)35-27-36(34-17-5-2-6-18-34)29-37(28-35)38-30-39(49-45-23-11-7-19-41(45)42-20-8-12-24-46(42)49)32-40(31-38)50-47-25-13-9-21-43(47)44-22-10-14-26-48(44)50;1-2-6-12(7-3-1)15-11-10-13-8-4-5-9-14(13)16-15;1-2-6-10(7-3-1)11-8-4-5-9-12-11;1-4(6)3-5(2)7;;/h1-40H;1-32H;1-6,8-11H;1-6,8-9H;3,6H,1-2H3;;/q;;2*-1;;;. The molecule has 0 aliphatic rings. The van der Waals surface area contributed by atoms with Gasteiger partial charge in [-0.2, -0.15) is 0 Å². The second-order valence-corrected chi connectivity index (χ2v) is 36.7. The molecule has 0 saturated carbocycles. The number of hydrogen-bond acceptors (Lipinski definition) is 4. The van der Waals surface area contributed by atoms with Crippen LogP contribution in [0.15, 0.2) is 558 Å². The second kappa shape index (κ2) is 44.2. The third kappa shape index (κ3) is 20.5. The Hall–Kier alpha value is -18.1. The molecule has 2 radical (unpaired) electrons. The normalized spacial score (nSPS) is 11.1. The molecule has 0 aliphatic heterocycles. The molecule has 21 aromatic carbocycles. The Morgan fingerprint density at radius 1 is 0.228 bits per heavy atom. The maximum absolute atomic E-state index is 10.0. The van der Waals surface area contributed by atoms with Crippen molar-refractivity contribution < 1.29 is 50.1 Å². The van der Waals surface area contributed by atoms with Crippen LogP contribution in [0.3, 0.4) is 0 Å². The zero-order valence-corrected chi connectivity index (χ0v) is 86.5. The number of rotatable bonds is 15. The summed E-state index contributed by atoms with van der Waals surface area (Å²) < 4.78 is 9.63. The predicted octanol–water partition coefficient (Wildman–Crippen LogP) is 36.4. The fourth-order valence-corrected chi connectivity index (χ4v) is 20.5.